The minimum atomic E-state index is -0.359. The van der Waals surface area contributed by atoms with Crippen LogP contribution in [0.2, 0.25) is 0 Å². The summed E-state index contributed by atoms with van der Waals surface area (Å²) in [6, 6.07) is 4.30. The van der Waals surface area contributed by atoms with Crippen molar-refractivity contribution in [1.82, 2.24) is 0 Å². The van der Waals surface area contributed by atoms with Crippen molar-refractivity contribution in [3.63, 3.8) is 0 Å². The van der Waals surface area contributed by atoms with Gasteiger partial charge in [0.05, 0.1) is 36.0 Å². The Morgan fingerprint density at radius 1 is 1.18 bits per heavy atom. The summed E-state index contributed by atoms with van der Waals surface area (Å²) in [5.41, 5.74) is 5.09. The molecule has 4 atom stereocenters. The number of esters is 1. The molecule has 2 fully saturated rings. The molecule has 2 heterocycles. The Hall–Kier alpha value is -2.20. The number of ketones is 1. The summed E-state index contributed by atoms with van der Waals surface area (Å²) in [4.78, 5) is 26.0. The topological polar surface area (TPSA) is 52.6 Å². The predicted molar refractivity (Wildman–Crippen MR) is 108 cm³/mol. The first-order valence-corrected chi connectivity index (χ1v) is 10.4. The van der Waals surface area contributed by atoms with Crippen LogP contribution in [0.15, 0.2) is 30.5 Å². The van der Waals surface area contributed by atoms with Gasteiger partial charge in [0, 0.05) is 0 Å². The smallest absolute Gasteiger partial charge is 0.314 e. The SMILES string of the molecule is C=CCC(=O)OC1=C(c2c(CC)cc(C)cc2CC)C(=O)[C@@H]2[C@H]1[C@@H]1CC[C@@H]2O1. The Bertz CT molecular complexity index is 854. The summed E-state index contributed by atoms with van der Waals surface area (Å²) in [6.45, 7) is 9.92. The van der Waals surface area contributed by atoms with Gasteiger partial charge in [0.2, 0.25) is 0 Å². The van der Waals surface area contributed by atoms with Gasteiger partial charge >= 0.3 is 5.97 Å². The zero-order chi connectivity index (χ0) is 20.0. The number of hydrogen-bond acceptors (Lipinski definition) is 4. The molecule has 4 heteroatoms. The molecule has 0 aromatic heterocycles. The van der Waals surface area contributed by atoms with Crippen molar-refractivity contribution in [3.05, 3.63) is 52.8 Å². The lowest BCUT2D eigenvalue weighted by Crippen LogP contribution is -2.29. The van der Waals surface area contributed by atoms with Crippen molar-refractivity contribution >= 4 is 17.3 Å². The number of aryl methyl sites for hydroxylation is 3. The van der Waals surface area contributed by atoms with Gasteiger partial charge in [-0.2, -0.15) is 0 Å². The predicted octanol–water partition coefficient (Wildman–Crippen LogP) is 4.33. The Morgan fingerprint density at radius 3 is 2.36 bits per heavy atom. The summed E-state index contributed by atoms with van der Waals surface area (Å²) in [7, 11) is 0. The quantitative estimate of drug-likeness (QED) is 0.545. The molecule has 3 aliphatic rings. The van der Waals surface area contributed by atoms with Gasteiger partial charge in [0.15, 0.2) is 5.78 Å². The van der Waals surface area contributed by atoms with Gasteiger partial charge in [-0.15, -0.1) is 6.58 Å². The summed E-state index contributed by atoms with van der Waals surface area (Å²) >= 11 is 0. The number of Topliss-reactive ketones (excluding diaryl/α,β-unsaturated/α-hetero) is 1. The van der Waals surface area contributed by atoms with E-state index in [1.54, 1.807) is 0 Å². The molecule has 0 saturated carbocycles. The van der Waals surface area contributed by atoms with E-state index in [0.29, 0.717) is 11.3 Å². The van der Waals surface area contributed by atoms with Crippen LogP contribution in [-0.2, 0) is 31.9 Å². The number of hydrogen-bond donors (Lipinski definition) is 0. The highest BCUT2D eigenvalue weighted by atomic mass is 16.5. The largest absolute Gasteiger partial charge is 0.430 e. The number of rotatable bonds is 6. The van der Waals surface area contributed by atoms with Crippen molar-refractivity contribution in [1.29, 1.82) is 0 Å². The summed E-state index contributed by atoms with van der Waals surface area (Å²) in [6.07, 6.45) is 5.08. The molecule has 4 nitrogen and oxygen atoms in total. The lowest BCUT2D eigenvalue weighted by atomic mass is 9.80. The third kappa shape index (κ3) is 2.86. The Kier molecular flexibility index (Phi) is 5.00. The van der Waals surface area contributed by atoms with E-state index in [1.807, 2.05) is 0 Å². The average molecular weight is 380 g/mol. The van der Waals surface area contributed by atoms with Gasteiger partial charge in [-0.05, 0) is 49.3 Å². The average Bonchev–Trinajstić information content (AvgIpc) is 3.35. The second-order valence-electron chi connectivity index (χ2n) is 8.08. The second-order valence-corrected chi connectivity index (χ2v) is 8.08. The van der Waals surface area contributed by atoms with Crippen LogP contribution in [0.3, 0.4) is 0 Å². The monoisotopic (exact) mass is 380 g/mol. The van der Waals surface area contributed by atoms with Crippen molar-refractivity contribution in [2.24, 2.45) is 11.8 Å². The molecule has 28 heavy (non-hydrogen) atoms. The van der Waals surface area contributed by atoms with Gasteiger partial charge in [0.25, 0.3) is 0 Å². The van der Waals surface area contributed by atoms with Crippen molar-refractivity contribution in [3.8, 4) is 0 Å². The van der Waals surface area contributed by atoms with Gasteiger partial charge in [-0.25, -0.2) is 0 Å². The van der Waals surface area contributed by atoms with Gasteiger partial charge < -0.3 is 9.47 Å². The number of allylic oxidation sites excluding steroid dienone is 1. The normalized spacial score (nSPS) is 28.0. The van der Waals surface area contributed by atoms with Crippen molar-refractivity contribution in [2.75, 3.05) is 0 Å². The zero-order valence-corrected chi connectivity index (χ0v) is 16.9. The molecule has 148 valence electrons. The first kappa shape index (κ1) is 19.1. The molecule has 4 rings (SSSR count). The maximum absolute atomic E-state index is 13.6. The fourth-order valence-corrected chi connectivity index (χ4v) is 5.27. The van der Waals surface area contributed by atoms with Crippen LogP contribution in [0, 0.1) is 18.8 Å². The van der Waals surface area contributed by atoms with Crippen LogP contribution in [0.5, 0.6) is 0 Å². The number of carbonyl (C=O) groups is 2. The zero-order valence-electron chi connectivity index (χ0n) is 16.9. The lowest BCUT2D eigenvalue weighted by molar-refractivity contribution is -0.139. The third-order valence-electron chi connectivity index (χ3n) is 6.36. The number of fused-ring (bicyclic) bond motifs is 5. The summed E-state index contributed by atoms with van der Waals surface area (Å²) < 4.78 is 11.9. The second kappa shape index (κ2) is 7.32. The molecule has 2 saturated heterocycles. The van der Waals surface area contributed by atoms with E-state index in [4.69, 9.17) is 9.47 Å². The molecule has 1 aromatic carbocycles. The van der Waals surface area contributed by atoms with Crippen LogP contribution < -0.4 is 0 Å². The van der Waals surface area contributed by atoms with E-state index in [2.05, 4.69) is 39.5 Å². The molecule has 0 unspecified atom stereocenters. The summed E-state index contributed by atoms with van der Waals surface area (Å²) in [5.74, 6) is -0.0715. The highest BCUT2D eigenvalue weighted by Crippen LogP contribution is 2.55. The third-order valence-corrected chi connectivity index (χ3v) is 6.36. The van der Waals surface area contributed by atoms with Crippen molar-refractivity contribution < 1.29 is 19.1 Å². The van der Waals surface area contributed by atoms with Gasteiger partial charge in [-0.1, -0.05) is 37.6 Å². The van der Waals surface area contributed by atoms with Gasteiger partial charge in [-0.3, -0.25) is 9.59 Å². The van der Waals surface area contributed by atoms with E-state index < -0.39 is 0 Å². The molecular formula is C24H28O4. The lowest BCUT2D eigenvalue weighted by Gasteiger charge is -2.21. The molecule has 1 aromatic rings. The van der Waals surface area contributed by atoms with Crippen LogP contribution in [0.4, 0.5) is 0 Å². The minimum absolute atomic E-state index is 0.0245. The first-order chi connectivity index (χ1) is 13.5. The van der Waals surface area contributed by atoms with E-state index in [9.17, 15) is 9.59 Å². The molecule has 2 aliphatic heterocycles. The number of carbonyl (C=O) groups excluding carboxylic acids is 2. The van der Waals surface area contributed by atoms with Gasteiger partial charge in [0.1, 0.15) is 5.76 Å². The number of benzene rings is 1. The van der Waals surface area contributed by atoms with Crippen LogP contribution in [0.25, 0.3) is 5.57 Å². The van der Waals surface area contributed by atoms with Crippen LogP contribution in [0.1, 0.15) is 55.4 Å². The highest BCUT2D eigenvalue weighted by Gasteiger charge is 2.60. The molecule has 0 N–H and O–H groups in total. The van der Waals surface area contributed by atoms with E-state index in [0.717, 1.165) is 42.4 Å². The fraction of sp³-hybridized carbons (Fsp3) is 0.500. The Balaban J connectivity index is 1.91. The molecule has 0 radical (unpaired) electrons. The van der Waals surface area contributed by atoms with E-state index >= 15 is 0 Å². The highest BCUT2D eigenvalue weighted by molar-refractivity contribution is 6.26. The molecule has 2 bridgehead atoms. The van der Waals surface area contributed by atoms with Crippen molar-refractivity contribution in [2.45, 2.75) is 65.1 Å². The minimum Gasteiger partial charge on any atom is -0.430 e. The fourth-order valence-electron chi connectivity index (χ4n) is 5.27. The number of ether oxygens (including phenoxy) is 2. The van der Waals surface area contributed by atoms with E-state index in [-0.39, 0.29) is 42.2 Å². The summed E-state index contributed by atoms with van der Waals surface area (Å²) in [5, 5.41) is 0. The molecule has 0 spiro atoms. The first-order valence-electron chi connectivity index (χ1n) is 10.4. The maximum Gasteiger partial charge on any atom is 0.314 e. The molecular weight excluding hydrogens is 352 g/mol. The Labute approximate surface area is 166 Å². The molecule has 1 aliphatic carbocycles. The standard InChI is InChI=1S/C24H28O4/c1-5-8-18(25)28-24-21-17-10-9-16(27-17)20(21)23(26)22(24)19-14(6-2)11-13(4)12-15(19)7-3/h5,11-12,16-17,20-21H,1,6-10H2,2-4H3/t16-,17-,20-,21+/m0/s1. The Morgan fingerprint density at radius 2 is 1.79 bits per heavy atom. The van der Waals surface area contributed by atoms with Crippen LogP contribution >= 0.6 is 0 Å². The molecule has 0 amide bonds. The van der Waals surface area contributed by atoms with Crippen LogP contribution in [-0.4, -0.2) is 24.0 Å². The maximum atomic E-state index is 13.6. The van der Waals surface area contributed by atoms with E-state index in [1.165, 1.54) is 11.6 Å².